The summed E-state index contributed by atoms with van der Waals surface area (Å²) < 4.78 is 0. The van der Waals surface area contributed by atoms with Gasteiger partial charge < -0.3 is 16.9 Å². The summed E-state index contributed by atoms with van der Waals surface area (Å²) in [5, 5.41) is 0. The van der Waals surface area contributed by atoms with Gasteiger partial charge in [0.25, 0.3) is 0 Å². The smallest absolute Gasteiger partial charge is 0.663 e. The number of hydrogen-bond acceptors (Lipinski definition) is 2. The van der Waals surface area contributed by atoms with Gasteiger partial charge in [-0.2, -0.15) is 18.8 Å². The van der Waals surface area contributed by atoms with E-state index in [1.54, 1.807) is 0 Å². The van der Waals surface area contributed by atoms with Gasteiger partial charge in [0.05, 0.1) is 0 Å². The predicted octanol–water partition coefficient (Wildman–Crippen LogP) is 8.56. The second kappa shape index (κ2) is 17.3. The first kappa shape index (κ1) is 34.6. The second-order valence-corrected chi connectivity index (χ2v) is 12.9. The van der Waals surface area contributed by atoms with Crippen LogP contribution in [0.2, 0.25) is 0 Å². The van der Waals surface area contributed by atoms with Crippen LogP contribution < -0.4 is 9.97 Å². The SMILES string of the molecule is CC(C)(C)C1CCC(N=Cc2ccc[n-]2)CC1.CC(C)(C)C1CCC(N=Cc2ccc[n-]2)CC1.[CH2-]CC.[Ti+4]. The average molecular weight is 554 g/mol. The van der Waals surface area contributed by atoms with E-state index in [0.29, 0.717) is 22.9 Å². The van der Waals surface area contributed by atoms with Crippen LogP contribution in [0.25, 0.3) is 0 Å². The first-order valence-corrected chi connectivity index (χ1v) is 14.5. The van der Waals surface area contributed by atoms with E-state index in [-0.39, 0.29) is 21.7 Å². The molecule has 2 aromatic heterocycles. The Hall–Kier alpha value is -1.39. The number of nitrogens with zero attached hydrogens (tertiary/aromatic N) is 4. The van der Waals surface area contributed by atoms with Crippen LogP contribution in [0.4, 0.5) is 0 Å². The van der Waals surface area contributed by atoms with Crippen LogP contribution in [0.3, 0.4) is 0 Å². The summed E-state index contributed by atoms with van der Waals surface area (Å²) in [5.74, 6) is 1.73. The van der Waals surface area contributed by atoms with Gasteiger partial charge in [-0.05, 0) is 74.0 Å². The maximum atomic E-state index is 4.65. The molecule has 2 saturated carbocycles. The van der Waals surface area contributed by atoms with Gasteiger partial charge in [0.2, 0.25) is 0 Å². The van der Waals surface area contributed by atoms with Crippen molar-refractivity contribution in [1.82, 2.24) is 9.97 Å². The zero-order chi connectivity index (χ0) is 27.3. The van der Waals surface area contributed by atoms with E-state index >= 15 is 0 Å². The van der Waals surface area contributed by atoms with E-state index in [2.05, 4.69) is 68.4 Å². The average Bonchev–Trinajstić information content (AvgIpc) is 3.56. The van der Waals surface area contributed by atoms with Gasteiger partial charge >= 0.3 is 21.7 Å². The molecule has 2 aliphatic rings. The second-order valence-electron chi connectivity index (χ2n) is 12.9. The van der Waals surface area contributed by atoms with Crippen LogP contribution in [0.1, 0.15) is 118 Å². The van der Waals surface area contributed by atoms with E-state index in [0.717, 1.165) is 29.6 Å². The van der Waals surface area contributed by atoms with Crippen LogP contribution in [0.5, 0.6) is 0 Å². The first-order valence-electron chi connectivity index (χ1n) is 14.5. The molecule has 2 aromatic rings. The van der Waals surface area contributed by atoms with Crippen molar-refractivity contribution in [3.05, 3.63) is 55.0 Å². The Labute approximate surface area is 249 Å². The van der Waals surface area contributed by atoms with Crippen LogP contribution in [0.15, 0.2) is 46.6 Å². The van der Waals surface area contributed by atoms with Crippen LogP contribution >= 0.6 is 0 Å². The van der Waals surface area contributed by atoms with Gasteiger partial charge in [-0.15, -0.1) is 11.4 Å². The molecule has 0 saturated heterocycles. The number of hydrogen-bond donors (Lipinski definition) is 0. The van der Waals surface area contributed by atoms with Gasteiger partial charge in [0.15, 0.2) is 0 Å². The molecule has 2 aliphatic carbocycles. The van der Waals surface area contributed by atoms with Crippen molar-refractivity contribution in [2.45, 2.75) is 118 Å². The minimum atomic E-state index is 0. The van der Waals surface area contributed by atoms with Crippen LogP contribution in [-0.4, -0.2) is 24.5 Å². The topological polar surface area (TPSA) is 52.9 Å². The molecule has 0 aliphatic heterocycles. The molecule has 0 unspecified atom stereocenters. The summed E-state index contributed by atoms with van der Waals surface area (Å²) in [5.41, 5.74) is 2.90. The maximum absolute atomic E-state index is 4.65. The Morgan fingerprint density at radius 1 is 0.711 bits per heavy atom. The van der Waals surface area contributed by atoms with E-state index in [9.17, 15) is 0 Å². The van der Waals surface area contributed by atoms with E-state index in [1.807, 2.05) is 56.0 Å². The quantitative estimate of drug-likeness (QED) is 0.216. The van der Waals surface area contributed by atoms with Crippen molar-refractivity contribution < 1.29 is 21.7 Å². The maximum Gasteiger partial charge on any atom is 4.00 e. The Morgan fingerprint density at radius 3 is 1.26 bits per heavy atom. The molecule has 2 heterocycles. The molecule has 0 bridgehead atoms. The molecular weight excluding hydrogens is 500 g/mol. The van der Waals surface area contributed by atoms with Crippen molar-refractivity contribution in [3.8, 4) is 0 Å². The zero-order valence-electron chi connectivity index (χ0n) is 25.3. The van der Waals surface area contributed by atoms with E-state index < -0.39 is 0 Å². The summed E-state index contributed by atoms with van der Waals surface area (Å²) in [6, 6.07) is 8.96. The Morgan fingerprint density at radius 2 is 1.03 bits per heavy atom. The molecule has 4 nitrogen and oxygen atoms in total. The standard InChI is InChI=1S/2C15H23N2.C3H7.Ti/c2*1-15(2,3)12-6-8-13(9-7-12)17-11-14-5-4-10-16-14;1-3-2;/h2*4-5,10-13H,6-9H2,1-3H3;1,3H2,2H3;/q3*-1;+4. The van der Waals surface area contributed by atoms with Crippen molar-refractivity contribution in [1.29, 1.82) is 0 Å². The van der Waals surface area contributed by atoms with Gasteiger partial charge in [-0.25, -0.2) is 0 Å². The van der Waals surface area contributed by atoms with Gasteiger partial charge in [-0.1, -0.05) is 72.7 Å². The molecule has 2 fully saturated rings. The molecule has 0 atom stereocenters. The molecule has 0 aromatic carbocycles. The Balaban J connectivity index is 0.000000337. The summed E-state index contributed by atoms with van der Waals surface area (Å²) in [7, 11) is 0. The normalized spacial score (nSPS) is 24.2. The molecule has 208 valence electrons. The van der Waals surface area contributed by atoms with E-state index in [4.69, 9.17) is 0 Å². The summed E-state index contributed by atoms with van der Waals surface area (Å²) in [6.07, 6.45) is 18.7. The van der Waals surface area contributed by atoms with E-state index in [1.165, 1.54) is 51.4 Å². The largest absolute Gasteiger partial charge is 4.00 e. The fourth-order valence-corrected chi connectivity index (χ4v) is 5.33. The Kier molecular flexibility index (Phi) is 15.8. The summed E-state index contributed by atoms with van der Waals surface area (Å²) in [4.78, 5) is 17.7. The van der Waals surface area contributed by atoms with Gasteiger partial charge in [0, 0.05) is 24.5 Å². The Bertz CT molecular complexity index is 794. The monoisotopic (exact) mass is 553 g/mol. The molecule has 0 N–H and O–H groups in total. The van der Waals surface area contributed by atoms with Crippen molar-refractivity contribution in [2.24, 2.45) is 32.7 Å². The number of aromatic nitrogens is 2. The molecule has 0 spiro atoms. The predicted molar refractivity (Wildman–Crippen MR) is 161 cm³/mol. The third-order valence-corrected chi connectivity index (χ3v) is 7.83. The van der Waals surface area contributed by atoms with Crippen molar-refractivity contribution in [2.75, 3.05) is 0 Å². The summed E-state index contributed by atoms with van der Waals surface area (Å²) in [6.45, 7) is 19.6. The van der Waals surface area contributed by atoms with Gasteiger partial charge in [-0.3, -0.25) is 9.98 Å². The fourth-order valence-electron chi connectivity index (χ4n) is 5.33. The number of aliphatic imine (C=N–C) groups is 2. The minimum Gasteiger partial charge on any atom is -0.663 e. The molecule has 38 heavy (non-hydrogen) atoms. The van der Waals surface area contributed by atoms with Gasteiger partial charge in [0.1, 0.15) is 0 Å². The zero-order valence-corrected chi connectivity index (χ0v) is 26.8. The summed E-state index contributed by atoms with van der Waals surface area (Å²) >= 11 is 0. The molecular formula is C33H53N4Ti+. The molecule has 5 heteroatoms. The first-order chi connectivity index (χ1) is 17.5. The van der Waals surface area contributed by atoms with Crippen molar-refractivity contribution in [3.63, 3.8) is 0 Å². The van der Waals surface area contributed by atoms with Crippen molar-refractivity contribution >= 4 is 12.4 Å². The molecule has 0 amide bonds. The fraction of sp³-hybridized carbons (Fsp3) is 0.667. The van der Waals surface area contributed by atoms with Crippen LogP contribution in [-0.2, 0) is 21.7 Å². The number of rotatable bonds is 4. The van der Waals surface area contributed by atoms with Crippen LogP contribution in [0, 0.1) is 29.6 Å². The minimum absolute atomic E-state index is 0. The third kappa shape index (κ3) is 13.1. The molecule has 0 radical (unpaired) electrons. The molecule has 4 rings (SSSR count). The third-order valence-electron chi connectivity index (χ3n) is 7.83.